The summed E-state index contributed by atoms with van der Waals surface area (Å²) in [6.07, 6.45) is 5.02. The maximum absolute atomic E-state index is 9.64. The molecule has 0 heterocycles. The number of thiol groups is 1. The van der Waals surface area contributed by atoms with Gasteiger partial charge in [0.25, 0.3) is 0 Å². The van der Waals surface area contributed by atoms with Crippen LogP contribution < -0.4 is 0 Å². The van der Waals surface area contributed by atoms with Gasteiger partial charge in [-0.1, -0.05) is 32.0 Å². The predicted molar refractivity (Wildman–Crippen MR) is 72.4 cm³/mol. The molecule has 1 nitrogen and oxygen atoms in total. The maximum atomic E-state index is 9.64. The molecule has 0 aromatic heterocycles. The summed E-state index contributed by atoms with van der Waals surface area (Å²) in [4.78, 5) is 9.64. The molecule has 0 aliphatic carbocycles. The molecular formula is C8H20OPS3+. The van der Waals surface area contributed by atoms with Crippen LogP contribution in [0.25, 0.3) is 0 Å². The molecule has 0 saturated carbocycles. The first-order chi connectivity index (χ1) is 6.02. The van der Waals surface area contributed by atoms with E-state index in [9.17, 15) is 4.89 Å². The molecule has 80 valence electrons. The van der Waals surface area contributed by atoms with Gasteiger partial charge in [0.1, 0.15) is 11.5 Å². The monoisotopic (exact) mass is 259 g/mol. The van der Waals surface area contributed by atoms with Crippen LogP contribution in [0, 0.1) is 0 Å². The summed E-state index contributed by atoms with van der Waals surface area (Å²) in [7, 11) is -0.00654. The van der Waals surface area contributed by atoms with E-state index in [2.05, 4.69) is 26.1 Å². The van der Waals surface area contributed by atoms with Crippen LogP contribution >= 0.6 is 16.9 Å². The van der Waals surface area contributed by atoms with E-state index < -0.39 is 4.67 Å². The van der Waals surface area contributed by atoms with Gasteiger partial charge in [0.15, 0.2) is 0 Å². The molecule has 0 rings (SSSR count). The largest absolute Gasteiger partial charge is 0.320 e. The highest BCUT2D eigenvalue weighted by molar-refractivity contribution is 8.93. The van der Waals surface area contributed by atoms with Gasteiger partial charge >= 0.3 is 4.67 Å². The van der Waals surface area contributed by atoms with E-state index in [0.29, 0.717) is 0 Å². The molecule has 0 spiro atoms. The van der Waals surface area contributed by atoms with Gasteiger partial charge in [0.05, 0.1) is 0 Å². The van der Waals surface area contributed by atoms with E-state index in [-0.39, 0.29) is 10.5 Å². The Bertz CT molecular complexity index is 169. The fourth-order valence-corrected chi connectivity index (χ4v) is 8.03. The van der Waals surface area contributed by atoms with Crippen molar-refractivity contribution in [3.05, 3.63) is 0 Å². The molecule has 5 heteroatoms. The van der Waals surface area contributed by atoms with Gasteiger partial charge in [-0.2, -0.15) is 0 Å². The van der Waals surface area contributed by atoms with Crippen molar-refractivity contribution in [1.82, 2.24) is 0 Å². The Kier molecular flexibility index (Phi) is 8.35. The second-order valence-corrected chi connectivity index (χ2v) is 14.7. The second kappa shape index (κ2) is 7.58. The Morgan fingerprint density at radius 3 is 2.31 bits per heavy atom. The summed E-state index contributed by atoms with van der Waals surface area (Å²) in [5.41, 5.74) is 0. The minimum atomic E-state index is -2.27. The summed E-state index contributed by atoms with van der Waals surface area (Å²) in [6.45, 7) is 4.30. The lowest BCUT2D eigenvalue weighted by atomic mass is 10.2. The number of hydrogen-bond acceptors (Lipinski definition) is 1. The molecule has 0 aromatic rings. The van der Waals surface area contributed by atoms with Crippen molar-refractivity contribution in [1.29, 1.82) is 0 Å². The van der Waals surface area contributed by atoms with Gasteiger partial charge in [0, 0.05) is 10.5 Å². The lowest BCUT2D eigenvalue weighted by Crippen LogP contribution is -2.07. The quantitative estimate of drug-likeness (QED) is 0.316. The van der Waals surface area contributed by atoms with Crippen molar-refractivity contribution < 1.29 is 4.89 Å². The highest BCUT2D eigenvalue weighted by Crippen LogP contribution is 2.54. The summed E-state index contributed by atoms with van der Waals surface area (Å²) in [5, 5.41) is 0. The molecular weight excluding hydrogens is 239 g/mol. The summed E-state index contributed by atoms with van der Waals surface area (Å²) in [6, 6.07) is 0. The van der Waals surface area contributed by atoms with Crippen LogP contribution in [0.4, 0.5) is 0 Å². The van der Waals surface area contributed by atoms with Crippen molar-refractivity contribution in [2.45, 2.75) is 39.5 Å². The summed E-state index contributed by atoms with van der Waals surface area (Å²) >= 11 is 9.18. The zero-order chi connectivity index (χ0) is 10.3. The first kappa shape index (κ1) is 14.3. The van der Waals surface area contributed by atoms with Crippen LogP contribution in [0.5, 0.6) is 0 Å². The Labute approximate surface area is 95.0 Å². The molecule has 0 aliphatic rings. The minimum absolute atomic E-state index is 0.00654. The normalized spacial score (nSPS) is 18.2. The average molecular weight is 259 g/mol. The lowest BCUT2D eigenvalue weighted by Gasteiger charge is -2.10. The van der Waals surface area contributed by atoms with Crippen molar-refractivity contribution >= 4 is 39.2 Å². The Morgan fingerprint density at radius 1 is 1.31 bits per heavy atom. The third kappa shape index (κ3) is 7.26. The SMILES string of the molecule is CCCCCC[S+](CC)P(O)(=S)S. The first-order valence-electron chi connectivity index (χ1n) is 4.76. The zero-order valence-corrected chi connectivity index (χ0v) is 11.8. The van der Waals surface area contributed by atoms with E-state index >= 15 is 0 Å². The Hall–Kier alpha value is 1.31. The summed E-state index contributed by atoms with van der Waals surface area (Å²) < 4.78 is -2.27. The van der Waals surface area contributed by atoms with Crippen molar-refractivity contribution in [3.8, 4) is 0 Å². The first-order valence-corrected chi connectivity index (χ1v) is 10.8. The summed E-state index contributed by atoms with van der Waals surface area (Å²) in [5.74, 6) is 2.07. The lowest BCUT2D eigenvalue weighted by molar-refractivity contribution is 0.653. The number of hydrogen-bond donors (Lipinski definition) is 2. The van der Waals surface area contributed by atoms with Gasteiger partial charge < -0.3 is 4.89 Å². The maximum Gasteiger partial charge on any atom is 0.313 e. The molecule has 0 aromatic carbocycles. The fraction of sp³-hybridized carbons (Fsp3) is 1.00. The van der Waals surface area contributed by atoms with E-state index in [4.69, 9.17) is 11.8 Å². The molecule has 0 fully saturated rings. The second-order valence-electron chi connectivity index (χ2n) is 3.01. The molecule has 1 N–H and O–H groups in total. The minimum Gasteiger partial charge on any atom is -0.320 e. The highest BCUT2D eigenvalue weighted by atomic mass is 33.2. The molecule has 2 unspecified atom stereocenters. The van der Waals surface area contributed by atoms with Crippen LogP contribution in [0.15, 0.2) is 0 Å². The predicted octanol–water partition coefficient (Wildman–Crippen LogP) is 3.35. The smallest absolute Gasteiger partial charge is 0.313 e. The fourth-order valence-electron chi connectivity index (χ4n) is 1.13. The van der Waals surface area contributed by atoms with Gasteiger partial charge in [-0.15, -0.1) is 0 Å². The number of rotatable bonds is 7. The van der Waals surface area contributed by atoms with E-state index in [1.54, 1.807) is 0 Å². The van der Waals surface area contributed by atoms with Crippen LogP contribution in [-0.4, -0.2) is 16.4 Å². The third-order valence-corrected chi connectivity index (χ3v) is 11.3. The Morgan fingerprint density at radius 2 is 1.92 bits per heavy atom. The van der Waals surface area contributed by atoms with Crippen LogP contribution in [-0.2, 0) is 22.3 Å². The molecule has 13 heavy (non-hydrogen) atoms. The molecule has 0 amide bonds. The molecule has 0 aliphatic heterocycles. The van der Waals surface area contributed by atoms with Gasteiger partial charge in [-0.25, -0.2) is 0 Å². The van der Waals surface area contributed by atoms with E-state index in [1.165, 1.54) is 25.7 Å². The zero-order valence-electron chi connectivity index (χ0n) is 8.40. The van der Waals surface area contributed by atoms with Crippen molar-refractivity contribution in [3.63, 3.8) is 0 Å². The molecule has 0 bridgehead atoms. The van der Waals surface area contributed by atoms with E-state index in [1.807, 2.05) is 0 Å². The third-order valence-electron chi connectivity index (χ3n) is 1.90. The van der Waals surface area contributed by atoms with Gasteiger partial charge in [-0.05, 0) is 31.6 Å². The van der Waals surface area contributed by atoms with E-state index in [0.717, 1.165) is 11.5 Å². The topological polar surface area (TPSA) is 20.2 Å². The highest BCUT2D eigenvalue weighted by Gasteiger charge is 2.30. The van der Waals surface area contributed by atoms with Crippen molar-refractivity contribution in [2.24, 2.45) is 0 Å². The Balaban J connectivity index is 3.67. The number of unbranched alkanes of at least 4 members (excludes halogenated alkanes) is 3. The van der Waals surface area contributed by atoms with Gasteiger partial charge in [0.2, 0.25) is 0 Å². The van der Waals surface area contributed by atoms with Crippen LogP contribution in [0.3, 0.4) is 0 Å². The van der Waals surface area contributed by atoms with Gasteiger partial charge in [-0.3, -0.25) is 0 Å². The standard InChI is InChI=1S/C8H19OPS3/c1-3-5-6-7-8-13(4-2)10(9,11)12/h3-8H2,1-2H3,(H-,9,11,12)/p+1. The molecule has 0 radical (unpaired) electrons. The molecule has 2 atom stereocenters. The van der Waals surface area contributed by atoms with Crippen LogP contribution in [0.2, 0.25) is 0 Å². The van der Waals surface area contributed by atoms with Crippen molar-refractivity contribution in [2.75, 3.05) is 11.5 Å². The average Bonchev–Trinajstić information content (AvgIpc) is 2.02. The van der Waals surface area contributed by atoms with Crippen LogP contribution in [0.1, 0.15) is 39.5 Å². The molecule has 0 saturated heterocycles.